The molecule has 0 bridgehead atoms. The molecule has 18 heavy (non-hydrogen) atoms. The zero-order valence-corrected chi connectivity index (χ0v) is 11.5. The summed E-state index contributed by atoms with van der Waals surface area (Å²) >= 11 is 0. The van der Waals surface area contributed by atoms with Gasteiger partial charge >= 0.3 is 0 Å². The van der Waals surface area contributed by atoms with E-state index in [1.807, 2.05) is 0 Å². The van der Waals surface area contributed by atoms with Crippen LogP contribution in [0.25, 0.3) is 0 Å². The first-order chi connectivity index (χ1) is 8.78. The monoisotopic (exact) mass is 248 g/mol. The summed E-state index contributed by atoms with van der Waals surface area (Å²) in [7, 11) is 0. The third-order valence-electron chi connectivity index (χ3n) is 3.49. The van der Waals surface area contributed by atoms with E-state index in [2.05, 4.69) is 48.3 Å². The van der Waals surface area contributed by atoms with Gasteiger partial charge in [-0.3, -0.25) is 4.90 Å². The molecule has 100 valence electrons. The molecule has 0 spiro atoms. The smallest absolute Gasteiger partial charge is 0.0594 e. The van der Waals surface area contributed by atoms with Crippen LogP contribution in [0.1, 0.15) is 25.8 Å². The number of nitrogens with one attached hydrogen (secondary N) is 1. The number of ether oxygens (including phenoxy) is 1. The van der Waals surface area contributed by atoms with Gasteiger partial charge < -0.3 is 10.1 Å². The van der Waals surface area contributed by atoms with Gasteiger partial charge in [0.05, 0.1) is 13.2 Å². The lowest BCUT2D eigenvalue weighted by atomic mass is 10.1. The van der Waals surface area contributed by atoms with Crippen molar-refractivity contribution in [1.82, 2.24) is 4.90 Å². The summed E-state index contributed by atoms with van der Waals surface area (Å²) in [6.07, 6.45) is 1.15. The second-order valence-electron chi connectivity index (χ2n) is 5.04. The minimum atomic E-state index is 0.537. The lowest BCUT2D eigenvalue weighted by Gasteiger charge is -2.26. The second-order valence-corrected chi connectivity index (χ2v) is 5.04. The Bertz CT molecular complexity index is 344. The third kappa shape index (κ3) is 4.00. The SMILES string of the molecule is CCC(C)Nc1ccc(CN2CCOCC2)cc1. The molecule has 0 radical (unpaired) electrons. The molecule has 1 atom stereocenters. The van der Waals surface area contributed by atoms with Crippen LogP contribution < -0.4 is 5.32 Å². The number of rotatable bonds is 5. The van der Waals surface area contributed by atoms with Crippen LogP contribution in [0.4, 0.5) is 5.69 Å². The summed E-state index contributed by atoms with van der Waals surface area (Å²) in [6.45, 7) is 9.28. The normalized spacial score (nSPS) is 18.6. The zero-order valence-electron chi connectivity index (χ0n) is 11.5. The van der Waals surface area contributed by atoms with Crippen LogP contribution in [0.15, 0.2) is 24.3 Å². The highest BCUT2D eigenvalue weighted by Crippen LogP contribution is 2.13. The highest BCUT2D eigenvalue weighted by molar-refractivity contribution is 5.45. The van der Waals surface area contributed by atoms with Crippen LogP contribution in [0, 0.1) is 0 Å². The van der Waals surface area contributed by atoms with E-state index in [0.29, 0.717) is 6.04 Å². The molecule has 2 rings (SSSR count). The van der Waals surface area contributed by atoms with Gasteiger partial charge in [0.25, 0.3) is 0 Å². The van der Waals surface area contributed by atoms with Crippen LogP contribution >= 0.6 is 0 Å². The summed E-state index contributed by atoms with van der Waals surface area (Å²) in [4.78, 5) is 2.45. The topological polar surface area (TPSA) is 24.5 Å². The van der Waals surface area contributed by atoms with E-state index in [4.69, 9.17) is 4.74 Å². The maximum atomic E-state index is 5.36. The summed E-state index contributed by atoms with van der Waals surface area (Å²) in [5.74, 6) is 0. The molecular formula is C15H24N2O. The number of morpholine rings is 1. The van der Waals surface area contributed by atoms with Crippen molar-refractivity contribution < 1.29 is 4.74 Å². The Balaban J connectivity index is 1.86. The van der Waals surface area contributed by atoms with Gasteiger partial charge in [0, 0.05) is 31.4 Å². The molecule has 1 N–H and O–H groups in total. The fourth-order valence-electron chi connectivity index (χ4n) is 2.11. The maximum absolute atomic E-state index is 5.36. The van der Waals surface area contributed by atoms with Gasteiger partial charge in [-0.2, -0.15) is 0 Å². The van der Waals surface area contributed by atoms with E-state index in [0.717, 1.165) is 39.3 Å². The fraction of sp³-hybridized carbons (Fsp3) is 0.600. The Labute approximate surface area is 110 Å². The molecular weight excluding hydrogens is 224 g/mol. The van der Waals surface area contributed by atoms with E-state index in [1.54, 1.807) is 0 Å². The molecule has 1 saturated heterocycles. The van der Waals surface area contributed by atoms with Crippen molar-refractivity contribution in [2.75, 3.05) is 31.6 Å². The molecule has 3 nitrogen and oxygen atoms in total. The van der Waals surface area contributed by atoms with Crippen molar-refractivity contribution in [2.45, 2.75) is 32.9 Å². The van der Waals surface area contributed by atoms with E-state index >= 15 is 0 Å². The van der Waals surface area contributed by atoms with Crippen molar-refractivity contribution in [1.29, 1.82) is 0 Å². The minimum absolute atomic E-state index is 0.537. The minimum Gasteiger partial charge on any atom is -0.383 e. The highest BCUT2D eigenvalue weighted by Gasteiger charge is 2.10. The van der Waals surface area contributed by atoms with Gasteiger partial charge in [0.1, 0.15) is 0 Å². The van der Waals surface area contributed by atoms with Gasteiger partial charge in [-0.25, -0.2) is 0 Å². The Morgan fingerprint density at radius 2 is 1.89 bits per heavy atom. The molecule has 1 fully saturated rings. The van der Waals surface area contributed by atoms with Crippen molar-refractivity contribution in [3.05, 3.63) is 29.8 Å². The van der Waals surface area contributed by atoms with Crippen LogP contribution in [-0.2, 0) is 11.3 Å². The predicted molar refractivity (Wildman–Crippen MR) is 75.9 cm³/mol. The average molecular weight is 248 g/mol. The molecule has 1 unspecified atom stereocenters. The van der Waals surface area contributed by atoms with Gasteiger partial charge in [-0.1, -0.05) is 19.1 Å². The molecule has 1 aliphatic rings. The summed E-state index contributed by atoms with van der Waals surface area (Å²) in [6, 6.07) is 9.35. The van der Waals surface area contributed by atoms with Gasteiger partial charge in [-0.05, 0) is 31.0 Å². The highest BCUT2D eigenvalue weighted by atomic mass is 16.5. The van der Waals surface area contributed by atoms with E-state index in [-0.39, 0.29) is 0 Å². The first kappa shape index (κ1) is 13.4. The molecule has 0 saturated carbocycles. The summed E-state index contributed by atoms with van der Waals surface area (Å²) in [5.41, 5.74) is 2.60. The first-order valence-corrected chi connectivity index (χ1v) is 6.93. The quantitative estimate of drug-likeness (QED) is 0.867. The van der Waals surface area contributed by atoms with Crippen LogP contribution in [0.5, 0.6) is 0 Å². The maximum Gasteiger partial charge on any atom is 0.0594 e. The molecule has 0 amide bonds. The Kier molecular flexibility index (Phi) is 5.02. The standard InChI is InChI=1S/C15H24N2O/c1-3-13(2)16-15-6-4-14(5-7-15)12-17-8-10-18-11-9-17/h4-7,13,16H,3,8-12H2,1-2H3. The predicted octanol–water partition coefficient (Wildman–Crippen LogP) is 2.73. The molecule has 0 aromatic heterocycles. The summed E-state index contributed by atoms with van der Waals surface area (Å²) < 4.78 is 5.36. The number of anilines is 1. The van der Waals surface area contributed by atoms with Gasteiger partial charge in [0.15, 0.2) is 0 Å². The van der Waals surface area contributed by atoms with Crippen LogP contribution in [-0.4, -0.2) is 37.2 Å². The molecule has 1 aromatic carbocycles. The second kappa shape index (κ2) is 6.76. The zero-order chi connectivity index (χ0) is 12.8. The molecule has 3 heteroatoms. The number of nitrogens with zero attached hydrogens (tertiary/aromatic N) is 1. The van der Waals surface area contributed by atoms with Crippen molar-refractivity contribution in [3.63, 3.8) is 0 Å². The van der Waals surface area contributed by atoms with Gasteiger partial charge in [-0.15, -0.1) is 0 Å². The van der Waals surface area contributed by atoms with Gasteiger partial charge in [0.2, 0.25) is 0 Å². The number of hydrogen-bond donors (Lipinski definition) is 1. The molecule has 0 aliphatic carbocycles. The third-order valence-corrected chi connectivity index (χ3v) is 3.49. The lowest BCUT2D eigenvalue weighted by molar-refractivity contribution is 0.0342. The molecule has 1 aliphatic heterocycles. The Morgan fingerprint density at radius 1 is 1.22 bits per heavy atom. The van der Waals surface area contributed by atoms with Crippen LogP contribution in [0.3, 0.4) is 0 Å². The Morgan fingerprint density at radius 3 is 2.50 bits per heavy atom. The Hall–Kier alpha value is -1.06. The first-order valence-electron chi connectivity index (χ1n) is 6.93. The molecule has 1 heterocycles. The van der Waals surface area contributed by atoms with E-state index in [9.17, 15) is 0 Å². The lowest BCUT2D eigenvalue weighted by Crippen LogP contribution is -2.35. The summed E-state index contributed by atoms with van der Waals surface area (Å²) in [5, 5.41) is 3.49. The average Bonchev–Trinajstić information content (AvgIpc) is 2.42. The number of hydrogen-bond acceptors (Lipinski definition) is 3. The van der Waals surface area contributed by atoms with Crippen molar-refractivity contribution >= 4 is 5.69 Å². The largest absolute Gasteiger partial charge is 0.383 e. The van der Waals surface area contributed by atoms with E-state index < -0.39 is 0 Å². The van der Waals surface area contributed by atoms with Crippen LogP contribution in [0.2, 0.25) is 0 Å². The molecule has 1 aromatic rings. The fourth-order valence-corrected chi connectivity index (χ4v) is 2.11. The number of benzene rings is 1. The van der Waals surface area contributed by atoms with Crippen molar-refractivity contribution in [2.24, 2.45) is 0 Å². The van der Waals surface area contributed by atoms with Crippen molar-refractivity contribution in [3.8, 4) is 0 Å². The van der Waals surface area contributed by atoms with E-state index in [1.165, 1.54) is 11.3 Å².